The SMILES string of the molecule is CCOc1cc(C#N)cc(Cl)c1OC(=O)c1ccccc1F. The van der Waals surface area contributed by atoms with Gasteiger partial charge < -0.3 is 9.47 Å². The van der Waals surface area contributed by atoms with Crippen molar-refractivity contribution in [2.75, 3.05) is 6.61 Å². The molecule has 0 saturated carbocycles. The summed E-state index contributed by atoms with van der Waals surface area (Å²) in [7, 11) is 0. The highest BCUT2D eigenvalue weighted by atomic mass is 35.5. The van der Waals surface area contributed by atoms with Crippen molar-refractivity contribution in [1.29, 1.82) is 5.26 Å². The molecular formula is C16H11ClFNO3. The monoisotopic (exact) mass is 319 g/mol. The molecule has 0 aliphatic heterocycles. The number of esters is 1. The molecule has 0 saturated heterocycles. The zero-order chi connectivity index (χ0) is 16.1. The van der Waals surface area contributed by atoms with Gasteiger partial charge >= 0.3 is 5.97 Å². The normalized spacial score (nSPS) is 9.91. The van der Waals surface area contributed by atoms with Gasteiger partial charge in [0.25, 0.3) is 0 Å². The lowest BCUT2D eigenvalue weighted by Crippen LogP contribution is -2.12. The number of halogens is 2. The molecule has 2 aromatic carbocycles. The third kappa shape index (κ3) is 3.35. The summed E-state index contributed by atoms with van der Waals surface area (Å²) >= 11 is 6.02. The van der Waals surface area contributed by atoms with Crippen LogP contribution in [0.3, 0.4) is 0 Å². The number of carbonyl (C=O) groups is 1. The largest absolute Gasteiger partial charge is 0.490 e. The molecule has 0 fully saturated rings. The Balaban J connectivity index is 2.39. The van der Waals surface area contributed by atoms with Crippen LogP contribution >= 0.6 is 11.6 Å². The zero-order valence-corrected chi connectivity index (χ0v) is 12.4. The van der Waals surface area contributed by atoms with Gasteiger partial charge in [0.05, 0.1) is 28.8 Å². The topological polar surface area (TPSA) is 59.3 Å². The average molecular weight is 320 g/mol. The number of ether oxygens (including phenoxy) is 2. The summed E-state index contributed by atoms with van der Waals surface area (Å²) in [6.45, 7) is 2.02. The highest BCUT2D eigenvalue weighted by Crippen LogP contribution is 2.37. The number of nitriles is 1. The molecule has 0 aliphatic rings. The van der Waals surface area contributed by atoms with Crippen molar-refractivity contribution in [2.45, 2.75) is 6.92 Å². The second-order valence-corrected chi connectivity index (χ2v) is 4.61. The second kappa shape index (κ2) is 6.92. The maximum Gasteiger partial charge on any atom is 0.346 e. The first-order valence-electron chi connectivity index (χ1n) is 6.40. The highest BCUT2D eigenvalue weighted by Gasteiger charge is 2.19. The molecule has 0 unspecified atom stereocenters. The molecule has 0 N–H and O–H groups in total. The first-order chi connectivity index (χ1) is 10.6. The van der Waals surface area contributed by atoms with Crippen LogP contribution in [0.25, 0.3) is 0 Å². The number of rotatable bonds is 4. The number of hydrogen-bond donors (Lipinski definition) is 0. The third-order valence-electron chi connectivity index (χ3n) is 2.73. The Bertz CT molecular complexity index is 756. The fourth-order valence-electron chi connectivity index (χ4n) is 1.77. The first kappa shape index (κ1) is 15.8. The van der Waals surface area contributed by atoms with Crippen molar-refractivity contribution in [1.82, 2.24) is 0 Å². The van der Waals surface area contributed by atoms with Gasteiger partial charge in [-0.3, -0.25) is 0 Å². The molecule has 0 aliphatic carbocycles. The van der Waals surface area contributed by atoms with Crippen LogP contribution in [0.15, 0.2) is 36.4 Å². The van der Waals surface area contributed by atoms with Crippen LogP contribution in [-0.4, -0.2) is 12.6 Å². The van der Waals surface area contributed by atoms with E-state index in [9.17, 15) is 9.18 Å². The fraction of sp³-hybridized carbons (Fsp3) is 0.125. The Labute approximate surface area is 131 Å². The van der Waals surface area contributed by atoms with Gasteiger partial charge in [-0.15, -0.1) is 0 Å². The molecule has 2 aromatic rings. The lowest BCUT2D eigenvalue weighted by Gasteiger charge is -2.12. The molecule has 0 amide bonds. The van der Waals surface area contributed by atoms with Crippen molar-refractivity contribution in [3.8, 4) is 17.6 Å². The van der Waals surface area contributed by atoms with Crippen LogP contribution in [0.2, 0.25) is 5.02 Å². The maximum atomic E-state index is 13.6. The van der Waals surface area contributed by atoms with Gasteiger partial charge in [0.2, 0.25) is 0 Å². The number of benzene rings is 2. The molecular weight excluding hydrogens is 309 g/mol. The van der Waals surface area contributed by atoms with Gasteiger partial charge in [-0.1, -0.05) is 23.7 Å². The Morgan fingerprint density at radius 1 is 1.36 bits per heavy atom. The van der Waals surface area contributed by atoms with Gasteiger partial charge in [-0.05, 0) is 25.1 Å². The molecule has 0 aromatic heterocycles. The van der Waals surface area contributed by atoms with E-state index in [2.05, 4.69) is 0 Å². The van der Waals surface area contributed by atoms with Crippen molar-refractivity contribution >= 4 is 17.6 Å². The molecule has 6 heteroatoms. The fourth-order valence-corrected chi connectivity index (χ4v) is 2.02. The predicted octanol–water partition coefficient (Wildman–Crippen LogP) is 3.97. The second-order valence-electron chi connectivity index (χ2n) is 4.20. The zero-order valence-electron chi connectivity index (χ0n) is 11.6. The summed E-state index contributed by atoms with van der Waals surface area (Å²) in [5.74, 6) is -1.49. The highest BCUT2D eigenvalue weighted by molar-refractivity contribution is 6.32. The van der Waals surface area contributed by atoms with E-state index in [0.29, 0.717) is 0 Å². The van der Waals surface area contributed by atoms with Crippen molar-refractivity contribution < 1.29 is 18.7 Å². The summed E-state index contributed by atoms with van der Waals surface area (Å²) in [4.78, 5) is 12.1. The number of carbonyl (C=O) groups excluding carboxylic acids is 1. The van der Waals surface area contributed by atoms with Gasteiger partial charge in [-0.25, -0.2) is 9.18 Å². The Kier molecular flexibility index (Phi) is 4.97. The van der Waals surface area contributed by atoms with E-state index in [-0.39, 0.29) is 34.3 Å². The van der Waals surface area contributed by atoms with Crippen LogP contribution in [-0.2, 0) is 0 Å². The lowest BCUT2D eigenvalue weighted by atomic mass is 10.2. The van der Waals surface area contributed by atoms with Gasteiger partial charge in [0.15, 0.2) is 11.5 Å². The third-order valence-corrected chi connectivity index (χ3v) is 3.01. The van der Waals surface area contributed by atoms with Gasteiger partial charge in [0.1, 0.15) is 5.82 Å². The van der Waals surface area contributed by atoms with Crippen LogP contribution in [0.5, 0.6) is 11.5 Å². The van der Waals surface area contributed by atoms with E-state index >= 15 is 0 Å². The predicted molar refractivity (Wildman–Crippen MR) is 78.7 cm³/mol. The summed E-state index contributed by atoms with van der Waals surface area (Å²) < 4.78 is 24.1. The van der Waals surface area contributed by atoms with Crippen molar-refractivity contribution in [3.05, 3.63) is 58.4 Å². The minimum Gasteiger partial charge on any atom is -0.490 e. The molecule has 112 valence electrons. The molecule has 0 bridgehead atoms. The lowest BCUT2D eigenvalue weighted by molar-refractivity contribution is 0.0723. The summed E-state index contributed by atoms with van der Waals surface area (Å²) in [5, 5.41) is 8.95. The Morgan fingerprint density at radius 2 is 2.09 bits per heavy atom. The van der Waals surface area contributed by atoms with E-state index in [4.69, 9.17) is 26.3 Å². The first-order valence-corrected chi connectivity index (χ1v) is 6.77. The van der Waals surface area contributed by atoms with E-state index in [0.717, 1.165) is 6.07 Å². The Morgan fingerprint density at radius 3 is 2.73 bits per heavy atom. The van der Waals surface area contributed by atoms with E-state index < -0.39 is 11.8 Å². The quantitative estimate of drug-likeness (QED) is 0.632. The molecule has 22 heavy (non-hydrogen) atoms. The van der Waals surface area contributed by atoms with Crippen molar-refractivity contribution in [3.63, 3.8) is 0 Å². The molecule has 0 spiro atoms. The smallest absolute Gasteiger partial charge is 0.346 e. The summed E-state index contributed by atoms with van der Waals surface area (Å²) in [6.07, 6.45) is 0. The van der Waals surface area contributed by atoms with Gasteiger partial charge in [0, 0.05) is 6.07 Å². The standard InChI is InChI=1S/C16H11ClFNO3/c1-2-21-14-8-10(9-19)7-12(17)15(14)22-16(20)11-5-3-4-6-13(11)18/h3-8H,2H2,1H3. The van der Waals surface area contributed by atoms with Crippen molar-refractivity contribution in [2.24, 2.45) is 0 Å². The van der Waals surface area contributed by atoms with Crippen LogP contribution in [0, 0.1) is 17.1 Å². The van der Waals surface area contributed by atoms with Crippen LogP contribution < -0.4 is 9.47 Å². The molecule has 0 heterocycles. The Hall–Kier alpha value is -2.58. The molecule has 0 radical (unpaired) electrons. The van der Waals surface area contributed by atoms with E-state index in [1.807, 2.05) is 6.07 Å². The summed E-state index contributed by atoms with van der Waals surface area (Å²) in [5.41, 5.74) is 0.0458. The van der Waals surface area contributed by atoms with E-state index in [1.165, 1.54) is 30.3 Å². The number of nitrogens with zero attached hydrogens (tertiary/aromatic N) is 1. The maximum absolute atomic E-state index is 13.6. The van der Waals surface area contributed by atoms with Crippen LogP contribution in [0.1, 0.15) is 22.8 Å². The summed E-state index contributed by atoms with van der Waals surface area (Å²) in [6, 6.07) is 10.1. The molecule has 0 atom stereocenters. The molecule has 4 nitrogen and oxygen atoms in total. The minimum atomic E-state index is -0.898. The molecule has 2 rings (SSSR count). The van der Waals surface area contributed by atoms with Gasteiger partial charge in [-0.2, -0.15) is 5.26 Å². The number of hydrogen-bond acceptors (Lipinski definition) is 4. The van der Waals surface area contributed by atoms with Crippen LogP contribution in [0.4, 0.5) is 4.39 Å². The van der Waals surface area contributed by atoms with E-state index in [1.54, 1.807) is 6.92 Å². The average Bonchev–Trinajstić information content (AvgIpc) is 2.50. The minimum absolute atomic E-state index is 0.0344.